The maximum Gasteiger partial charge on any atom is 0.435 e. The number of alkyl halides is 7. The number of nitro groups is 1. The van der Waals surface area contributed by atoms with E-state index in [2.05, 4.69) is 0 Å². The molecular weight excluding hydrogens is 443 g/mol. The van der Waals surface area contributed by atoms with Crippen LogP contribution in [0.4, 0.5) is 36.4 Å². The zero-order valence-corrected chi connectivity index (χ0v) is 16.3. The highest BCUT2D eigenvalue weighted by atomic mass is 35.5. The maximum atomic E-state index is 15.1. The molecule has 3 nitrogen and oxygen atoms in total. The number of nitro benzene ring substituents is 1. The Balaban J connectivity index is 3.03. The first kappa shape index (κ1) is 23.9. The second kappa shape index (κ2) is 8.05. The van der Waals surface area contributed by atoms with Crippen molar-refractivity contribution in [2.24, 2.45) is 0 Å². The molecule has 164 valence electrons. The SMILES string of the molecule is CCc1cc(CC)c(-c2ccc([N+](=O)[O-])cc2Cl)c(C(F)(C(F)(F)F)C(F)(F)F)c1. The zero-order chi connectivity index (χ0) is 23.1. The number of nitrogens with zero attached hydrogens (tertiary/aromatic N) is 1. The molecule has 0 unspecified atom stereocenters. The standard InChI is InChI=1S/C19H15ClF7NO2/c1-3-10-7-11(4-2)16(13-6-5-12(28(29)30)9-15(13)20)14(8-10)17(21,18(22,23)24)19(25,26)27/h5-9H,3-4H2,1-2H3. The van der Waals surface area contributed by atoms with E-state index in [1.165, 1.54) is 19.9 Å². The lowest BCUT2D eigenvalue weighted by Gasteiger charge is -2.33. The molecule has 30 heavy (non-hydrogen) atoms. The van der Waals surface area contributed by atoms with Crippen LogP contribution in [0.3, 0.4) is 0 Å². The van der Waals surface area contributed by atoms with Gasteiger partial charge in [-0.1, -0.05) is 37.6 Å². The van der Waals surface area contributed by atoms with Gasteiger partial charge in [-0.25, -0.2) is 4.39 Å². The summed E-state index contributed by atoms with van der Waals surface area (Å²) < 4.78 is 96.1. The van der Waals surface area contributed by atoms with Crippen molar-refractivity contribution in [2.75, 3.05) is 0 Å². The van der Waals surface area contributed by atoms with Gasteiger partial charge in [0.1, 0.15) is 0 Å². The van der Waals surface area contributed by atoms with Crippen LogP contribution in [0.5, 0.6) is 0 Å². The Bertz CT molecular complexity index is 957. The molecule has 0 N–H and O–H groups in total. The number of non-ortho nitro benzene ring substituents is 1. The molecule has 0 aromatic heterocycles. The van der Waals surface area contributed by atoms with Gasteiger partial charge < -0.3 is 0 Å². The fourth-order valence-corrected chi connectivity index (χ4v) is 3.40. The third kappa shape index (κ3) is 3.97. The Labute approximate surface area is 171 Å². The molecule has 0 fully saturated rings. The second-order valence-corrected chi connectivity index (χ2v) is 6.87. The lowest BCUT2D eigenvalue weighted by Crippen LogP contribution is -2.50. The van der Waals surface area contributed by atoms with Gasteiger partial charge in [0, 0.05) is 23.3 Å². The first-order valence-electron chi connectivity index (χ1n) is 8.61. The molecule has 0 saturated carbocycles. The van der Waals surface area contributed by atoms with Crippen molar-refractivity contribution in [3.05, 3.63) is 62.2 Å². The van der Waals surface area contributed by atoms with Gasteiger partial charge in [-0.05, 0) is 35.6 Å². The normalized spacial score (nSPS) is 12.9. The number of aryl methyl sites for hydroxylation is 2. The van der Waals surface area contributed by atoms with E-state index in [4.69, 9.17) is 11.6 Å². The van der Waals surface area contributed by atoms with Crippen molar-refractivity contribution in [2.45, 2.75) is 44.7 Å². The summed E-state index contributed by atoms with van der Waals surface area (Å²) in [4.78, 5) is 10.1. The molecule has 0 aliphatic carbocycles. The molecule has 0 spiro atoms. The van der Waals surface area contributed by atoms with Crippen molar-refractivity contribution in [3.8, 4) is 11.1 Å². The van der Waals surface area contributed by atoms with Crippen LogP contribution in [0.1, 0.15) is 30.5 Å². The summed E-state index contributed by atoms with van der Waals surface area (Å²) in [7, 11) is 0. The minimum atomic E-state index is -6.31. The Morgan fingerprint density at radius 3 is 1.90 bits per heavy atom. The van der Waals surface area contributed by atoms with Gasteiger partial charge in [0.25, 0.3) is 5.69 Å². The van der Waals surface area contributed by atoms with E-state index in [1.807, 2.05) is 0 Å². The van der Waals surface area contributed by atoms with Crippen LogP contribution in [-0.4, -0.2) is 17.3 Å². The van der Waals surface area contributed by atoms with Gasteiger partial charge in [-0.2, -0.15) is 26.3 Å². The van der Waals surface area contributed by atoms with Crippen molar-refractivity contribution < 1.29 is 35.7 Å². The van der Waals surface area contributed by atoms with Crippen molar-refractivity contribution in [1.29, 1.82) is 0 Å². The van der Waals surface area contributed by atoms with Crippen LogP contribution in [0.2, 0.25) is 5.02 Å². The molecule has 0 amide bonds. The first-order valence-corrected chi connectivity index (χ1v) is 8.99. The molecule has 2 aromatic carbocycles. The van der Waals surface area contributed by atoms with Crippen LogP contribution in [0.25, 0.3) is 11.1 Å². The zero-order valence-electron chi connectivity index (χ0n) is 15.6. The molecule has 0 bridgehead atoms. The maximum absolute atomic E-state index is 15.1. The van der Waals surface area contributed by atoms with Crippen LogP contribution in [0, 0.1) is 10.1 Å². The second-order valence-electron chi connectivity index (χ2n) is 6.46. The first-order chi connectivity index (χ1) is 13.7. The number of rotatable bonds is 5. The minimum absolute atomic E-state index is 0.00405. The molecule has 2 aromatic rings. The number of hydrogen-bond acceptors (Lipinski definition) is 2. The van der Waals surface area contributed by atoms with Gasteiger partial charge in [0.15, 0.2) is 0 Å². The smallest absolute Gasteiger partial charge is 0.258 e. The molecule has 11 heteroatoms. The third-order valence-electron chi connectivity index (χ3n) is 4.65. The van der Waals surface area contributed by atoms with Gasteiger partial charge in [0.05, 0.1) is 9.95 Å². The minimum Gasteiger partial charge on any atom is -0.258 e. The summed E-state index contributed by atoms with van der Waals surface area (Å²) in [6.45, 7) is 2.97. The average molecular weight is 458 g/mol. The summed E-state index contributed by atoms with van der Waals surface area (Å²) in [5, 5.41) is 10.4. The predicted octanol–water partition coefficient (Wildman–Crippen LogP) is 7.33. The van der Waals surface area contributed by atoms with E-state index in [1.54, 1.807) is 0 Å². The van der Waals surface area contributed by atoms with Crippen LogP contribution in [0.15, 0.2) is 30.3 Å². The monoisotopic (exact) mass is 457 g/mol. The van der Waals surface area contributed by atoms with Crippen LogP contribution < -0.4 is 0 Å². The Kier molecular flexibility index (Phi) is 6.42. The fourth-order valence-electron chi connectivity index (χ4n) is 3.13. The van der Waals surface area contributed by atoms with Gasteiger partial charge in [-0.15, -0.1) is 0 Å². The van der Waals surface area contributed by atoms with Gasteiger partial charge >= 0.3 is 18.0 Å². The molecule has 2 rings (SSSR count). The van der Waals surface area contributed by atoms with Crippen molar-refractivity contribution in [1.82, 2.24) is 0 Å². The summed E-state index contributed by atoms with van der Waals surface area (Å²) in [5.41, 5.74) is -8.83. The summed E-state index contributed by atoms with van der Waals surface area (Å²) in [5.74, 6) is 0. The summed E-state index contributed by atoms with van der Waals surface area (Å²) >= 11 is 5.97. The largest absolute Gasteiger partial charge is 0.435 e. The van der Waals surface area contributed by atoms with Crippen LogP contribution in [-0.2, 0) is 18.5 Å². The average Bonchev–Trinajstić information content (AvgIpc) is 2.64. The summed E-state index contributed by atoms with van der Waals surface area (Å²) in [6, 6.07) is 4.46. The van der Waals surface area contributed by atoms with E-state index in [0.29, 0.717) is 6.07 Å². The Hall–Kier alpha value is -2.36. The van der Waals surface area contributed by atoms with Crippen molar-refractivity contribution in [3.63, 3.8) is 0 Å². The van der Waals surface area contributed by atoms with E-state index < -0.39 is 44.8 Å². The van der Waals surface area contributed by atoms with Gasteiger partial charge in [-0.3, -0.25) is 10.1 Å². The molecule has 0 aliphatic heterocycles. The van der Waals surface area contributed by atoms with E-state index in [-0.39, 0.29) is 29.5 Å². The lowest BCUT2D eigenvalue weighted by molar-refractivity contribution is -0.384. The number of halogens is 8. The van der Waals surface area contributed by atoms with E-state index in [9.17, 15) is 36.5 Å². The molecule has 0 radical (unpaired) electrons. The van der Waals surface area contributed by atoms with Crippen molar-refractivity contribution >= 4 is 17.3 Å². The fraction of sp³-hybridized carbons (Fsp3) is 0.368. The Morgan fingerprint density at radius 1 is 0.933 bits per heavy atom. The topological polar surface area (TPSA) is 43.1 Å². The van der Waals surface area contributed by atoms with Gasteiger partial charge in [0.2, 0.25) is 0 Å². The van der Waals surface area contributed by atoms with E-state index in [0.717, 1.165) is 18.2 Å². The predicted molar refractivity (Wildman–Crippen MR) is 97.2 cm³/mol. The number of hydrogen-bond donors (Lipinski definition) is 0. The molecule has 0 heterocycles. The molecular formula is C19H15ClF7NO2. The quantitative estimate of drug-likeness (QED) is 0.268. The number of benzene rings is 2. The van der Waals surface area contributed by atoms with E-state index >= 15 is 4.39 Å². The Morgan fingerprint density at radius 2 is 1.50 bits per heavy atom. The highest BCUT2D eigenvalue weighted by molar-refractivity contribution is 6.33. The third-order valence-corrected chi connectivity index (χ3v) is 4.97. The lowest BCUT2D eigenvalue weighted by atomic mass is 9.82. The molecule has 0 atom stereocenters. The highest BCUT2D eigenvalue weighted by Gasteiger charge is 2.74. The highest BCUT2D eigenvalue weighted by Crippen LogP contribution is 2.56. The summed E-state index contributed by atoms with van der Waals surface area (Å²) in [6.07, 6.45) is -12.6. The van der Waals surface area contributed by atoms with Crippen LogP contribution >= 0.6 is 11.6 Å². The molecule has 0 saturated heterocycles. The molecule has 0 aliphatic rings.